The zero-order chi connectivity index (χ0) is 21.7. The molecule has 0 radical (unpaired) electrons. The first kappa shape index (κ1) is 22.3. The van der Waals surface area contributed by atoms with Gasteiger partial charge < -0.3 is 4.90 Å². The Balaban J connectivity index is 1.97. The summed E-state index contributed by atoms with van der Waals surface area (Å²) in [5.41, 5.74) is 2.47. The third-order valence-electron chi connectivity index (χ3n) is 6.04. The van der Waals surface area contributed by atoms with Crippen LogP contribution in [-0.4, -0.2) is 38.9 Å². The Hall–Kier alpha value is -2.34. The third-order valence-corrected chi connectivity index (χ3v) is 7.82. The van der Waals surface area contributed by atoms with Gasteiger partial charge in [0.15, 0.2) is 0 Å². The van der Waals surface area contributed by atoms with E-state index in [4.69, 9.17) is 0 Å². The molecule has 1 amide bonds. The number of benzene rings is 2. The second-order valence-corrected chi connectivity index (χ2v) is 9.97. The fourth-order valence-electron chi connectivity index (χ4n) is 4.10. The molecule has 0 bridgehead atoms. The average Bonchev–Trinajstić information content (AvgIpc) is 2.77. The molecule has 1 aliphatic rings. The molecule has 3 rings (SSSR count). The van der Waals surface area contributed by atoms with Crippen LogP contribution in [0.4, 0.5) is 5.69 Å². The van der Waals surface area contributed by atoms with Gasteiger partial charge in [0.25, 0.3) is 10.0 Å². The lowest BCUT2D eigenvalue weighted by molar-refractivity contribution is -0.130. The zero-order valence-corrected chi connectivity index (χ0v) is 19.0. The van der Waals surface area contributed by atoms with Gasteiger partial charge in [-0.2, -0.15) is 0 Å². The van der Waals surface area contributed by atoms with Gasteiger partial charge >= 0.3 is 0 Å². The van der Waals surface area contributed by atoms with Gasteiger partial charge in [-0.05, 0) is 49.9 Å². The summed E-state index contributed by atoms with van der Waals surface area (Å²) in [4.78, 5) is 15.1. The van der Waals surface area contributed by atoms with Gasteiger partial charge in [-0.1, -0.05) is 62.1 Å². The van der Waals surface area contributed by atoms with E-state index in [1.807, 2.05) is 32.0 Å². The Kier molecular flexibility index (Phi) is 7.19. The van der Waals surface area contributed by atoms with Crippen LogP contribution in [0.25, 0.3) is 0 Å². The maximum Gasteiger partial charge on any atom is 0.264 e. The molecule has 5 nitrogen and oxygen atoms in total. The Labute approximate surface area is 180 Å². The predicted molar refractivity (Wildman–Crippen MR) is 121 cm³/mol. The van der Waals surface area contributed by atoms with E-state index in [0.29, 0.717) is 12.1 Å². The molecule has 6 heteroatoms. The summed E-state index contributed by atoms with van der Waals surface area (Å²) < 4.78 is 28.5. The maximum atomic E-state index is 13.6. The molecular formula is C24H32N2O3S. The fourth-order valence-corrected chi connectivity index (χ4v) is 5.55. The molecule has 1 aliphatic carbocycles. The number of rotatable bonds is 7. The molecular weight excluding hydrogens is 396 g/mol. The molecule has 0 atom stereocenters. The highest BCUT2D eigenvalue weighted by Gasteiger charge is 2.31. The summed E-state index contributed by atoms with van der Waals surface area (Å²) in [5.74, 6) is -0.163. The third kappa shape index (κ3) is 4.86. The van der Waals surface area contributed by atoms with Gasteiger partial charge in [0.2, 0.25) is 5.91 Å². The SMILES string of the molecule is CCc1ccccc1N(CC(=O)N(C)C1CCCCC1)S(=O)(=O)c1ccc(C)cc1. The molecule has 30 heavy (non-hydrogen) atoms. The fraction of sp³-hybridized carbons (Fsp3) is 0.458. The second-order valence-electron chi connectivity index (χ2n) is 8.10. The summed E-state index contributed by atoms with van der Waals surface area (Å²) in [5, 5.41) is 0. The predicted octanol–water partition coefficient (Wildman–Crippen LogP) is 4.54. The van der Waals surface area contributed by atoms with Crippen molar-refractivity contribution >= 4 is 21.6 Å². The van der Waals surface area contributed by atoms with Gasteiger partial charge in [-0.3, -0.25) is 9.10 Å². The number of anilines is 1. The number of para-hydroxylation sites is 1. The van der Waals surface area contributed by atoms with Crippen LogP contribution in [-0.2, 0) is 21.2 Å². The van der Waals surface area contributed by atoms with E-state index >= 15 is 0 Å². The number of carbonyl (C=O) groups is 1. The largest absolute Gasteiger partial charge is 0.341 e. The number of nitrogens with zero attached hydrogens (tertiary/aromatic N) is 2. The molecule has 0 saturated heterocycles. The summed E-state index contributed by atoms with van der Waals surface area (Å²) in [6, 6.07) is 14.4. The minimum absolute atomic E-state index is 0.163. The van der Waals surface area contributed by atoms with E-state index < -0.39 is 10.0 Å². The molecule has 2 aromatic carbocycles. The summed E-state index contributed by atoms with van der Waals surface area (Å²) in [7, 11) is -2.07. The van der Waals surface area contributed by atoms with E-state index in [1.165, 1.54) is 10.7 Å². The summed E-state index contributed by atoms with van der Waals surface area (Å²) in [6.45, 7) is 3.72. The number of aryl methyl sites for hydroxylation is 2. The Morgan fingerprint density at radius 1 is 1.00 bits per heavy atom. The number of hydrogen-bond acceptors (Lipinski definition) is 3. The standard InChI is InChI=1S/C24H32N2O3S/c1-4-20-10-8-9-13-23(20)26(30(28,29)22-16-14-19(2)15-17-22)18-24(27)25(3)21-11-6-5-7-12-21/h8-10,13-17,21H,4-7,11-12,18H2,1-3H3. The van der Waals surface area contributed by atoms with Crippen LogP contribution in [0, 0.1) is 6.92 Å². The molecule has 0 aliphatic heterocycles. The number of sulfonamides is 1. The monoisotopic (exact) mass is 428 g/mol. The zero-order valence-electron chi connectivity index (χ0n) is 18.2. The van der Waals surface area contributed by atoms with Crippen molar-refractivity contribution in [2.75, 3.05) is 17.9 Å². The lowest BCUT2D eigenvalue weighted by atomic mass is 9.94. The molecule has 1 fully saturated rings. The van der Waals surface area contributed by atoms with E-state index in [2.05, 4.69) is 0 Å². The average molecular weight is 429 g/mol. The van der Waals surface area contributed by atoms with E-state index in [1.54, 1.807) is 42.3 Å². The van der Waals surface area contributed by atoms with Crippen LogP contribution >= 0.6 is 0 Å². The number of likely N-dealkylation sites (N-methyl/N-ethyl adjacent to an activating group) is 1. The molecule has 0 spiro atoms. The Morgan fingerprint density at radius 3 is 2.27 bits per heavy atom. The molecule has 1 saturated carbocycles. The second kappa shape index (κ2) is 9.65. The highest BCUT2D eigenvalue weighted by atomic mass is 32.2. The van der Waals surface area contributed by atoms with Crippen molar-refractivity contribution in [2.45, 2.75) is 63.3 Å². The molecule has 162 valence electrons. The molecule has 0 N–H and O–H groups in total. The minimum Gasteiger partial charge on any atom is -0.341 e. The molecule has 0 aromatic heterocycles. The Bertz CT molecular complexity index is 964. The van der Waals surface area contributed by atoms with E-state index in [-0.39, 0.29) is 23.4 Å². The Morgan fingerprint density at radius 2 is 1.63 bits per heavy atom. The molecule has 2 aromatic rings. The summed E-state index contributed by atoms with van der Waals surface area (Å²) in [6.07, 6.45) is 6.09. The topological polar surface area (TPSA) is 57.7 Å². The van der Waals surface area contributed by atoms with Crippen molar-refractivity contribution < 1.29 is 13.2 Å². The molecule has 0 heterocycles. The van der Waals surface area contributed by atoms with Crippen LogP contribution in [0.2, 0.25) is 0 Å². The van der Waals surface area contributed by atoms with Gasteiger partial charge in [0.1, 0.15) is 6.54 Å². The van der Waals surface area contributed by atoms with Crippen molar-refractivity contribution in [1.82, 2.24) is 4.90 Å². The highest BCUT2D eigenvalue weighted by Crippen LogP contribution is 2.29. The highest BCUT2D eigenvalue weighted by molar-refractivity contribution is 7.92. The van der Waals surface area contributed by atoms with Gasteiger partial charge in [-0.25, -0.2) is 8.42 Å². The van der Waals surface area contributed by atoms with Crippen LogP contribution in [0.15, 0.2) is 53.4 Å². The van der Waals surface area contributed by atoms with Crippen LogP contribution < -0.4 is 4.31 Å². The smallest absolute Gasteiger partial charge is 0.264 e. The maximum absolute atomic E-state index is 13.6. The normalized spacial score (nSPS) is 15.0. The van der Waals surface area contributed by atoms with E-state index in [0.717, 1.165) is 36.8 Å². The van der Waals surface area contributed by atoms with Crippen molar-refractivity contribution in [2.24, 2.45) is 0 Å². The van der Waals surface area contributed by atoms with Gasteiger partial charge in [0.05, 0.1) is 10.6 Å². The summed E-state index contributed by atoms with van der Waals surface area (Å²) >= 11 is 0. The van der Waals surface area contributed by atoms with E-state index in [9.17, 15) is 13.2 Å². The van der Waals surface area contributed by atoms with Gasteiger partial charge in [-0.15, -0.1) is 0 Å². The first-order chi connectivity index (χ1) is 14.3. The first-order valence-corrected chi connectivity index (χ1v) is 12.2. The van der Waals surface area contributed by atoms with Crippen LogP contribution in [0.1, 0.15) is 50.2 Å². The van der Waals surface area contributed by atoms with Crippen LogP contribution in [0.5, 0.6) is 0 Å². The molecule has 0 unspecified atom stereocenters. The van der Waals surface area contributed by atoms with Crippen molar-refractivity contribution in [3.63, 3.8) is 0 Å². The van der Waals surface area contributed by atoms with Crippen molar-refractivity contribution in [3.8, 4) is 0 Å². The number of amides is 1. The lowest BCUT2D eigenvalue weighted by Gasteiger charge is -2.33. The van der Waals surface area contributed by atoms with Crippen molar-refractivity contribution in [1.29, 1.82) is 0 Å². The van der Waals surface area contributed by atoms with Crippen molar-refractivity contribution in [3.05, 3.63) is 59.7 Å². The van der Waals surface area contributed by atoms with Gasteiger partial charge in [0, 0.05) is 13.1 Å². The quantitative estimate of drug-likeness (QED) is 0.650. The first-order valence-electron chi connectivity index (χ1n) is 10.8. The minimum atomic E-state index is -3.88. The lowest BCUT2D eigenvalue weighted by Crippen LogP contribution is -2.46. The number of carbonyl (C=O) groups excluding carboxylic acids is 1. The van der Waals surface area contributed by atoms with Crippen LogP contribution in [0.3, 0.4) is 0 Å². The number of hydrogen-bond donors (Lipinski definition) is 0.